The van der Waals surface area contributed by atoms with Gasteiger partial charge in [-0.1, -0.05) is 78.3 Å². The van der Waals surface area contributed by atoms with Gasteiger partial charge >= 0.3 is 0 Å². The first-order chi connectivity index (χ1) is 37.3. The summed E-state index contributed by atoms with van der Waals surface area (Å²) in [6, 6.07) is 35.0. The van der Waals surface area contributed by atoms with E-state index in [0.29, 0.717) is 104 Å². The van der Waals surface area contributed by atoms with Gasteiger partial charge in [0.25, 0.3) is 11.5 Å². The number of piperidine rings is 1. The zero-order valence-corrected chi connectivity index (χ0v) is 44.3. The molecule has 1 saturated heterocycles. The number of unbranched alkanes of at least 4 members (excludes halogenated alkanes) is 2. The highest BCUT2D eigenvalue weighted by molar-refractivity contribution is 6.34. The zero-order valence-electron chi connectivity index (χ0n) is 43.6. The molecule has 0 saturated carbocycles. The molecule has 8 aromatic rings. The molecular weight excluding hydrogens is 994 g/mol. The number of hydrogen-bond acceptors (Lipinski definition) is 10. The lowest BCUT2D eigenvalue weighted by molar-refractivity contribution is -0.135. The van der Waals surface area contributed by atoms with E-state index in [-0.39, 0.29) is 41.9 Å². The Labute approximate surface area is 451 Å². The van der Waals surface area contributed by atoms with Gasteiger partial charge in [-0.2, -0.15) is 5.10 Å². The van der Waals surface area contributed by atoms with E-state index in [9.17, 15) is 29.1 Å². The summed E-state index contributed by atoms with van der Waals surface area (Å²) in [5, 5.41) is 32.9. The van der Waals surface area contributed by atoms with Gasteiger partial charge in [0.1, 0.15) is 5.52 Å². The lowest BCUT2D eigenvalue weighted by Gasteiger charge is -2.38. The van der Waals surface area contributed by atoms with Crippen molar-refractivity contribution in [1.82, 2.24) is 44.7 Å². The molecule has 0 radical (unpaired) electrons. The molecule has 0 bridgehead atoms. The van der Waals surface area contributed by atoms with Gasteiger partial charge in [-0.3, -0.25) is 33.2 Å². The summed E-state index contributed by atoms with van der Waals surface area (Å²) in [7, 11) is 3.76. The second kappa shape index (κ2) is 24.3. The van der Waals surface area contributed by atoms with Crippen LogP contribution in [0.5, 0.6) is 0 Å². The number of amides is 4. The highest BCUT2D eigenvalue weighted by Crippen LogP contribution is 2.38. The van der Waals surface area contributed by atoms with Crippen molar-refractivity contribution in [3.05, 3.63) is 159 Å². The van der Waals surface area contributed by atoms with E-state index >= 15 is 0 Å². The summed E-state index contributed by atoms with van der Waals surface area (Å²) in [6.07, 6.45) is 8.18. The maximum atomic E-state index is 13.7. The van der Waals surface area contributed by atoms with Gasteiger partial charge in [0.2, 0.25) is 18.2 Å². The molecule has 0 aliphatic carbocycles. The van der Waals surface area contributed by atoms with Crippen LogP contribution in [0.4, 0.5) is 17.1 Å². The molecule has 0 atom stereocenters. The van der Waals surface area contributed by atoms with Crippen LogP contribution in [-0.4, -0.2) is 96.4 Å². The molecule has 5 aromatic carbocycles. The quantitative estimate of drug-likeness (QED) is 0.0284. The third-order valence-corrected chi connectivity index (χ3v) is 14.7. The number of aryl methyl sites for hydroxylation is 4. The van der Waals surface area contributed by atoms with Crippen molar-refractivity contribution in [3.63, 3.8) is 0 Å². The summed E-state index contributed by atoms with van der Waals surface area (Å²) in [4.78, 5) is 70.7. The molecule has 3 aromatic heterocycles. The van der Waals surface area contributed by atoms with Crippen LogP contribution >= 0.6 is 11.6 Å². The summed E-state index contributed by atoms with van der Waals surface area (Å²) in [5.41, 5.74) is 8.66. The number of aliphatic hydroxyl groups is 1. The first-order valence-electron chi connectivity index (χ1n) is 26.0. The lowest BCUT2D eigenvalue weighted by atomic mass is 9.91. The molecule has 17 nitrogen and oxygen atoms in total. The number of carbonyl (C=O) groups is 4. The maximum absolute atomic E-state index is 13.7. The van der Waals surface area contributed by atoms with Crippen LogP contribution < -0.4 is 32.1 Å². The van der Waals surface area contributed by atoms with Crippen molar-refractivity contribution < 1.29 is 24.3 Å². The van der Waals surface area contributed by atoms with Gasteiger partial charge in [0.05, 0.1) is 47.1 Å². The second-order valence-corrected chi connectivity index (χ2v) is 20.3. The molecule has 77 heavy (non-hydrogen) atoms. The number of fused-ring (bicyclic) bond motifs is 2. The van der Waals surface area contributed by atoms with Crippen LogP contribution in [-0.2, 0) is 48.0 Å². The third-order valence-electron chi connectivity index (χ3n) is 14.4. The molecule has 9 rings (SSSR count). The van der Waals surface area contributed by atoms with Gasteiger partial charge in [0.15, 0.2) is 5.52 Å². The number of benzene rings is 5. The Morgan fingerprint density at radius 3 is 2.34 bits per heavy atom. The van der Waals surface area contributed by atoms with Gasteiger partial charge in [-0.15, -0.1) is 0 Å². The fraction of sp³-hybridized carbons (Fsp3) is 0.305. The fourth-order valence-corrected chi connectivity index (χ4v) is 10.3. The van der Waals surface area contributed by atoms with Gasteiger partial charge in [-0.25, -0.2) is 4.98 Å². The number of hydrogen-bond donors (Lipinski definition) is 6. The number of likely N-dealkylation sites (tertiary alicyclic amines) is 1. The number of rotatable bonds is 22. The lowest BCUT2D eigenvalue weighted by Crippen LogP contribution is -2.49. The Balaban J connectivity index is 0.680. The van der Waals surface area contributed by atoms with Crippen LogP contribution in [0.1, 0.15) is 65.6 Å². The van der Waals surface area contributed by atoms with E-state index in [0.717, 1.165) is 63.5 Å². The van der Waals surface area contributed by atoms with Crippen molar-refractivity contribution in [3.8, 4) is 22.4 Å². The highest BCUT2D eigenvalue weighted by atomic mass is 35.5. The van der Waals surface area contributed by atoms with E-state index in [1.54, 1.807) is 28.8 Å². The smallest absolute Gasteiger partial charge is 0.281 e. The first-order valence-corrected chi connectivity index (χ1v) is 26.4. The SMILES string of the molecule is Cc1ccc(Nc2cc(Cl)c(-c3ccc4c(ccn4C)c3)cc2NC=O)cc1C(=O)NCCCCCNC(=O)CNCc1ccc(-c2c3ncn(CC4(O)CCN(C(=O)CCc5ccccc5)CC4)c(=O)c3nn2C)cc1. The minimum absolute atomic E-state index is 0.0552. The van der Waals surface area contributed by atoms with Crippen molar-refractivity contribution in [2.75, 3.05) is 43.4 Å². The highest BCUT2D eigenvalue weighted by Gasteiger charge is 2.35. The van der Waals surface area contributed by atoms with Crippen LogP contribution in [0.15, 0.2) is 127 Å². The molecule has 1 fully saturated rings. The van der Waals surface area contributed by atoms with E-state index in [1.807, 2.05) is 116 Å². The van der Waals surface area contributed by atoms with Crippen molar-refractivity contribution in [2.24, 2.45) is 14.1 Å². The Morgan fingerprint density at radius 1 is 0.818 bits per heavy atom. The first kappa shape index (κ1) is 53.7. The van der Waals surface area contributed by atoms with Crippen LogP contribution in [0.3, 0.4) is 0 Å². The number of aromatic nitrogens is 5. The Kier molecular flexibility index (Phi) is 16.9. The summed E-state index contributed by atoms with van der Waals surface area (Å²) >= 11 is 6.83. The van der Waals surface area contributed by atoms with Crippen LogP contribution in [0.2, 0.25) is 5.02 Å². The average molecular weight is 1060 g/mol. The molecule has 1 aliphatic heterocycles. The number of anilines is 3. The third kappa shape index (κ3) is 12.9. The predicted molar refractivity (Wildman–Crippen MR) is 302 cm³/mol. The molecule has 18 heteroatoms. The normalized spacial score (nSPS) is 13.2. The molecule has 0 spiro atoms. The molecule has 4 amide bonds. The van der Waals surface area contributed by atoms with Crippen LogP contribution in [0, 0.1) is 6.92 Å². The molecule has 1 aliphatic rings. The number of halogens is 1. The number of nitrogens with one attached hydrogen (secondary N) is 5. The number of carbonyl (C=O) groups excluding carboxylic acids is 4. The summed E-state index contributed by atoms with van der Waals surface area (Å²) in [6.45, 7) is 4.37. The Hall–Kier alpha value is -8.12. The molecule has 6 N–H and O–H groups in total. The van der Waals surface area contributed by atoms with Crippen molar-refractivity contribution in [1.29, 1.82) is 0 Å². The summed E-state index contributed by atoms with van der Waals surface area (Å²) < 4.78 is 5.11. The maximum Gasteiger partial charge on any atom is 0.281 e. The minimum Gasteiger partial charge on any atom is -0.388 e. The molecule has 398 valence electrons. The topological polar surface area (TPSA) is 210 Å². The largest absolute Gasteiger partial charge is 0.388 e. The molecular formula is C59H64ClN11O6. The van der Waals surface area contributed by atoms with E-state index in [1.165, 1.54) is 10.9 Å². The van der Waals surface area contributed by atoms with E-state index in [4.69, 9.17) is 11.6 Å². The zero-order chi connectivity index (χ0) is 54.1. The summed E-state index contributed by atoms with van der Waals surface area (Å²) in [5.74, 6) is -0.250. The van der Waals surface area contributed by atoms with Gasteiger partial charge in [-0.05, 0) is 110 Å². The van der Waals surface area contributed by atoms with E-state index < -0.39 is 5.60 Å². The van der Waals surface area contributed by atoms with Crippen LogP contribution in [0.25, 0.3) is 44.3 Å². The second-order valence-electron chi connectivity index (χ2n) is 19.9. The van der Waals surface area contributed by atoms with Gasteiger partial charge in [0, 0.05) is 92.7 Å². The van der Waals surface area contributed by atoms with Gasteiger partial charge < -0.3 is 41.2 Å². The monoisotopic (exact) mass is 1060 g/mol. The molecule has 4 heterocycles. The van der Waals surface area contributed by atoms with E-state index in [2.05, 4.69) is 42.7 Å². The van der Waals surface area contributed by atoms with Crippen molar-refractivity contribution in [2.45, 2.75) is 70.6 Å². The van der Waals surface area contributed by atoms with Crippen molar-refractivity contribution >= 4 is 74.7 Å². The average Bonchev–Trinajstić information content (AvgIpc) is 4.04. The minimum atomic E-state index is -1.16. The number of nitrogens with zero attached hydrogens (tertiary/aromatic N) is 6. The fourth-order valence-electron chi connectivity index (χ4n) is 9.98. The predicted octanol–water partition coefficient (Wildman–Crippen LogP) is 8.02. The molecule has 0 unspecified atom stereocenters. The standard InChI is InChI=1S/C59H64ClN11O6/c1-39-12-19-45(66-50-33-48(60)47(32-49(50)65-38-72)43-18-20-51-44(30-43)22-27-68(51)2)31-46(39)57(75)63-26-9-5-8-25-62-52(73)35-61-34-41-13-16-42(17-14-41)56-54-55(67-69(56)3)58(76)71(37-64-54)36-59(77)23-28-70(29-24-59)53(74)21-15-40-10-6-4-7-11-40/h4,6-7,10-14,16-20,22,27,30-33,37-38,61,66,77H,5,8-9,15,21,23-26,28-29,34-36H2,1-3H3,(H,62,73)(H,63,75)(H,65,72). The Bertz CT molecular complexity index is 3490. The Morgan fingerprint density at radius 2 is 1.57 bits per heavy atom.